The number of ether oxygens (including phenoxy) is 1. The summed E-state index contributed by atoms with van der Waals surface area (Å²) in [6.45, 7) is 3.47. The van der Waals surface area contributed by atoms with Gasteiger partial charge in [0.25, 0.3) is 0 Å². The molecule has 152 valence electrons. The van der Waals surface area contributed by atoms with E-state index in [0.29, 0.717) is 12.8 Å². The van der Waals surface area contributed by atoms with Crippen molar-refractivity contribution in [3.8, 4) is 0 Å². The fourth-order valence-electron chi connectivity index (χ4n) is 5.14. The van der Waals surface area contributed by atoms with E-state index >= 15 is 0 Å². The van der Waals surface area contributed by atoms with Crippen molar-refractivity contribution >= 4 is 17.9 Å². The summed E-state index contributed by atoms with van der Waals surface area (Å²) in [6.07, 6.45) is 8.03. The van der Waals surface area contributed by atoms with Crippen molar-refractivity contribution < 1.29 is 34.4 Å². The van der Waals surface area contributed by atoms with Gasteiger partial charge in [0.2, 0.25) is 0 Å². The molecule has 7 heteroatoms. The number of aliphatic hydroxyl groups is 1. The third-order valence-electron chi connectivity index (χ3n) is 6.87. The van der Waals surface area contributed by atoms with Gasteiger partial charge in [-0.15, -0.1) is 0 Å². The van der Waals surface area contributed by atoms with Gasteiger partial charge in [0.15, 0.2) is 0 Å². The van der Waals surface area contributed by atoms with Crippen LogP contribution in [0.3, 0.4) is 0 Å². The highest BCUT2D eigenvalue weighted by Crippen LogP contribution is 2.63. The van der Waals surface area contributed by atoms with Crippen molar-refractivity contribution in [1.29, 1.82) is 0 Å². The maximum atomic E-state index is 12.9. The minimum absolute atomic E-state index is 0.0898. The molecular weight excluding hydrogens is 364 g/mol. The summed E-state index contributed by atoms with van der Waals surface area (Å²) in [5.41, 5.74) is -2.81. The molecule has 28 heavy (non-hydrogen) atoms. The highest BCUT2D eigenvalue weighted by atomic mass is 16.5. The van der Waals surface area contributed by atoms with Crippen molar-refractivity contribution in [3.05, 3.63) is 35.5 Å². The van der Waals surface area contributed by atoms with E-state index in [4.69, 9.17) is 9.84 Å². The molecule has 1 saturated heterocycles. The number of rotatable bonds is 4. The molecule has 2 bridgehead atoms. The van der Waals surface area contributed by atoms with E-state index in [1.165, 1.54) is 13.0 Å². The van der Waals surface area contributed by atoms with Crippen LogP contribution in [0.15, 0.2) is 35.5 Å². The second kappa shape index (κ2) is 6.88. The van der Waals surface area contributed by atoms with Gasteiger partial charge in [0.1, 0.15) is 12.0 Å². The van der Waals surface area contributed by atoms with Crippen molar-refractivity contribution in [2.24, 2.45) is 16.7 Å². The Bertz CT molecular complexity index is 808. The van der Waals surface area contributed by atoms with Gasteiger partial charge in [0.05, 0.1) is 5.60 Å². The van der Waals surface area contributed by atoms with Crippen molar-refractivity contribution in [2.45, 2.75) is 51.6 Å². The third-order valence-corrected chi connectivity index (χ3v) is 6.87. The Labute approximate surface area is 163 Å². The van der Waals surface area contributed by atoms with Gasteiger partial charge < -0.3 is 20.1 Å². The lowest BCUT2D eigenvalue weighted by Gasteiger charge is -2.43. The predicted molar refractivity (Wildman–Crippen MR) is 99.3 cm³/mol. The van der Waals surface area contributed by atoms with E-state index in [1.54, 1.807) is 18.2 Å². The minimum Gasteiger partial charge on any atom is -0.478 e. The van der Waals surface area contributed by atoms with Crippen LogP contribution in [0.5, 0.6) is 0 Å². The number of carbonyl (C=O) groups is 3. The first-order valence-electron chi connectivity index (χ1n) is 9.47. The summed E-state index contributed by atoms with van der Waals surface area (Å²) >= 11 is 0. The van der Waals surface area contributed by atoms with E-state index in [-0.39, 0.29) is 42.9 Å². The van der Waals surface area contributed by atoms with Gasteiger partial charge in [-0.25, -0.2) is 9.59 Å². The first-order valence-corrected chi connectivity index (χ1v) is 9.47. The Morgan fingerprint density at radius 1 is 1.29 bits per heavy atom. The molecule has 0 aromatic carbocycles. The molecule has 0 aromatic heterocycles. The zero-order valence-electron chi connectivity index (χ0n) is 16.1. The standard InChI is InChI=1S/C21H26O7/c1-13(16(22)23)4-3-8-19(2)12-28-18(26)20-9-5-14(17(24)25)6-11-21(20,27)15(19)7-10-20/h3-5,8,15,27H,6-7,9-12H2,1-2H3,(H,22,23)(H,24,25)/b8-3+,13-4+/t15-,19-,20+,21-/m0/s1. The molecule has 1 aliphatic heterocycles. The Kier molecular flexibility index (Phi) is 5.00. The Morgan fingerprint density at radius 3 is 2.64 bits per heavy atom. The molecule has 1 heterocycles. The largest absolute Gasteiger partial charge is 0.478 e. The fourth-order valence-corrected chi connectivity index (χ4v) is 5.14. The number of hydrogen-bond acceptors (Lipinski definition) is 5. The van der Waals surface area contributed by atoms with Crippen LogP contribution >= 0.6 is 0 Å². The Morgan fingerprint density at radius 2 is 2.00 bits per heavy atom. The molecule has 3 aliphatic rings. The number of carbonyl (C=O) groups excluding carboxylic acids is 1. The van der Waals surface area contributed by atoms with Gasteiger partial charge in [-0.1, -0.05) is 31.2 Å². The number of carboxylic acid groups (broad SMARTS) is 2. The predicted octanol–water partition coefficient (Wildman–Crippen LogP) is 2.46. The fraction of sp³-hybridized carbons (Fsp3) is 0.571. The van der Waals surface area contributed by atoms with E-state index in [2.05, 4.69) is 0 Å². The summed E-state index contributed by atoms with van der Waals surface area (Å²) in [7, 11) is 0. The third kappa shape index (κ3) is 2.98. The lowest BCUT2D eigenvalue weighted by molar-refractivity contribution is -0.169. The van der Waals surface area contributed by atoms with Gasteiger partial charge in [-0.2, -0.15) is 0 Å². The molecule has 1 saturated carbocycles. The maximum absolute atomic E-state index is 12.9. The molecule has 7 nitrogen and oxygen atoms in total. The number of aliphatic carboxylic acids is 2. The molecule has 0 amide bonds. The minimum atomic E-state index is -1.38. The van der Waals surface area contributed by atoms with Crippen LogP contribution in [-0.2, 0) is 19.1 Å². The lowest BCUT2D eigenvalue weighted by atomic mass is 9.62. The first kappa shape index (κ1) is 20.3. The Hall–Kier alpha value is -2.41. The molecule has 0 radical (unpaired) electrons. The SMILES string of the molecule is C/C(=C\C=C\[C@@]1(C)COC(=O)[C@]23CC=C(C(=O)O)CC[C@]2(O)[C@H]1CC3)C(=O)O. The van der Waals surface area contributed by atoms with E-state index in [9.17, 15) is 24.6 Å². The van der Waals surface area contributed by atoms with E-state index < -0.39 is 34.3 Å². The molecule has 0 spiro atoms. The van der Waals surface area contributed by atoms with Crippen molar-refractivity contribution in [1.82, 2.24) is 0 Å². The summed E-state index contributed by atoms with van der Waals surface area (Å²) in [5.74, 6) is -2.83. The summed E-state index contributed by atoms with van der Waals surface area (Å²) in [5, 5.41) is 30.1. The number of cyclic esters (lactones) is 1. The number of allylic oxidation sites excluding steroid dienone is 3. The summed E-state index contributed by atoms with van der Waals surface area (Å²) in [4.78, 5) is 35.4. The number of carboxylic acids is 2. The molecule has 2 aliphatic carbocycles. The van der Waals surface area contributed by atoms with Gasteiger partial charge in [-0.3, -0.25) is 4.79 Å². The second-order valence-corrected chi connectivity index (χ2v) is 8.43. The molecule has 3 rings (SSSR count). The van der Waals surface area contributed by atoms with E-state index in [1.807, 2.05) is 6.92 Å². The molecular formula is C21H26O7. The maximum Gasteiger partial charge on any atom is 0.331 e. The van der Waals surface area contributed by atoms with Gasteiger partial charge >= 0.3 is 17.9 Å². The zero-order chi connectivity index (χ0) is 20.7. The van der Waals surface area contributed by atoms with Crippen molar-refractivity contribution in [3.63, 3.8) is 0 Å². The van der Waals surface area contributed by atoms with Crippen LogP contribution in [0.2, 0.25) is 0 Å². The smallest absolute Gasteiger partial charge is 0.331 e. The monoisotopic (exact) mass is 390 g/mol. The average Bonchev–Trinajstić information content (AvgIpc) is 2.80. The van der Waals surface area contributed by atoms with Crippen LogP contribution in [0.1, 0.15) is 46.0 Å². The molecule has 0 unspecified atom stereocenters. The normalized spacial score (nSPS) is 38.2. The van der Waals surface area contributed by atoms with Crippen LogP contribution < -0.4 is 0 Å². The van der Waals surface area contributed by atoms with Crippen molar-refractivity contribution in [2.75, 3.05) is 6.61 Å². The molecule has 0 aromatic rings. The van der Waals surface area contributed by atoms with Crippen LogP contribution in [0, 0.1) is 16.7 Å². The van der Waals surface area contributed by atoms with Gasteiger partial charge in [0, 0.05) is 22.5 Å². The first-order chi connectivity index (χ1) is 13.1. The second-order valence-electron chi connectivity index (χ2n) is 8.43. The van der Waals surface area contributed by atoms with E-state index in [0.717, 1.165) is 0 Å². The van der Waals surface area contributed by atoms with Gasteiger partial charge in [-0.05, 0) is 39.0 Å². The van der Waals surface area contributed by atoms with Crippen LogP contribution in [0.25, 0.3) is 0 Å². The molecule has 4 atom stereocenters. The van der Waals surface area contributed by atoms with Crippen LogP contribution in [0.4, 0.5) is 0 Å². The summed E-state index contributed by atoms with van der Waals surface area (Å²) in [6, 6.07) is 0. The number of esters is 1. The average molecular weight is 390 g/mol. The number of hydrogen-bond donors (Lipinski definition) is 3. The Balaban J connectivity index is 2.00. The quantitative estimate of drug-likeness (QED) is 0.383. The molecule has 2 fully saturated rings. The highest BCUT2D eigenvalue weighted by Gasteiger charge is 2.69. The van der Waals surface area contributed by atoms with Crippen LogP contribution in [-0.4, -0.2) is 45.4 Å². The highest BCUT2D eigenvalue weighted by molar-refractivity contribution is 5.88. The lowest BCUT2D eigenvalue weighted by Crippen LogP contribution is -2.53. The topological polar surface area (TPSA) is 121 Å². The zero-order valence-corrected chi connectivity index (χ0v) is 16.1. The molecule has 3 N–H and O–H groups in total. The summed E-state index contributed by atoms with van der Waals surface area (Å²) < 4.78 is 5.57.